The normalized spacial score (nSPS) is 15.2. The Morgan fingerprint density at radius 2 is 1.90 bits per heavy atom. The summed E-state index contributed by atoms with van der Waals surface area (Å²) in [6.07, 6.45) is 4.66. The average molecular weight is 435 g/mol. The van der Waals surface area contributed by atoms with E-state index in [9.17, 15) is 18.0 Å². The number of pyridine rings is 1. The highest BCUT2D eigenvalue weighted by molar-refractivity contribution is 7.89. The summed E-state index contributed by atoms with van der Waals surface area (Å²) in [4.78, 5) is 30.8. The predicted octanol–water partition coefficient (Wildman–Crippen LogP) is 1.77. The van der Waals surface area contributed by atoms with Crippen LogP contribution < -0.4 is 10.7 Å². The number of aromatic nitrogens is 1. The van der Waals surface area contributed by atoms with Crippen molar-refractivity contribution in [2.75, 3.05) is 39.3 Å². The number of aromatic amines is 1. The van der Waals surface area contributed by atoms with E-state index in [0.717, 1.165) is 26.1 Å². The fourth-order valence-electron chi connectivity index (χ4n) is 3.85. The number of nitrogens with one attached hydrogen (secondary N) is 2. The van der Waals surface area contributed by atoms with Crippen LogP contribution in [-0.2, 0) is 10.0 Å². The van der Waals surface area contributed by atoms with Crippen molar-refractivity contribution in [3.05, 3.63) is 40.2 Å². The Morgan fingerprint density at radius 1 is 1.20 bits per heavy atom. The number of carbonyl (C=O) groups excluding carboxylic acids is 1. The van der Waals surface area contributed by atoms with Crippen LogP contribution in [0.25, 0.3) is 10.9 Å². The van der Waals surface area contributed by atoms with Gasteiger partial charge in [0.05, 0.1) is 4.90 Å². The third kappa shape index (κ3) is 4.74. The topological polar surface area (TPSA) is 103 Å². The van der Waals surface area contributed by atoms with E-state index in [1.807, 2.05) is 0 Å². The molecule has 3 rings (SSSR count). The number of sulfonamides is 1. The highest BCUT2D eigenvalue weighted by Gasteiger charge is 2.23. The second-order valence-corrected chi connectivity index (χ2v) is 9.42. The second kappa shape index (κ2) is 9.72. The number of hydrogen-bond donors (Lipinski definition) is 2. The SMILES string of the molecule is CCN(CC)S(=O)(=O)c1ccc2[nH]cc(C(=O)NCCCN3CCCC3)c(=O)c2c1. The molecule has 0 bridgehead atoms. The Kier molecular flexibility index (Phi) is 7.27. The number of rotatable bonds is 9. The van der Waals surface area contributed by atoms with Gasteiger partial charge in [-0.15, -0.1) is 0 Å². The summed E-state index contributed by atoms with van der Waals surface area (Å²) in [5, 5.41) is 2.99. The summed E-state index contributed by atoms with van der Waals surface area (Å²) in [5.41, 5.74) is 0.00234. The van der Waals surface area contributed by atoms with E-state index >= 15 is 0 Å². The molecule has 164 valence electrons. The first-order valence-corrected chi connectivity index (χ1v) is 12.0. The Labute approximate surface area is 177 Å². The summed E-state index contributed by atoms with van der Waals surface area (Å²) in [7, 11) is -3.69. The highest BCUT2D eigenvalue weighted by Crippen LogP contribution is 2.19. The molecule has 0 unspecified atom stereocenters. The Hall–Kier alpha value is -2.23. The molecule has 1 saturated heterocycles. The van der Waals surface area contributed by atoms with E-state index < -0.39 is 21.4 Å². The second-order valence-electron chi connectivity index (χ2n) is 7.49. The first-order chi connectivity index (χ1) is 14.4. The summed E-state index contributed by atoms with van der Waals surface area (Å²) in [6.45, 7) is 7.85. The van der Waals surface area contributed by atoms with Crippen molar-refractivity contribution >= 4 is 26.8 Å². The fraction of sp³-hybridized carbons (Fsp3) is 0.524. The largest absolute Gasteiger partial charge is 0.360 e. The van der Waals surface area contributed by atoms with Gasteiger partial charge in [0, 0.05) is 36.7 Å². The van der Waals surface area contributed by atoms with Gasteiger partial charge in [-0.3, -0.25) is 9.59 Å². The Morgan fingerprint density at radius 3 is 2.57 bits per heavy atom. The maximum Gasteiger partial charge on any atom is 0.256 e. The first kappa shape index (κ1) is 22.5. The standard InChI is InChI=1S/C21H30N4O4S/c1-3-25(4-2)30(28,29)16-8-9-19-17(14-16)20(26)18(15-23-19)21(27)22-10-7-13-24-11-5-6-12-24/h8-9,14-15H,3-7,10-13H2,1-2H3,(H,22,27)(H,23,26). The van der Waals surface area contributed by atoms with E-state index in [2.05, 4.69) is 15.2 Å². The molecule has 0 spiro atoms. The molecule has 2 aromatic rings. The van der Waals surface area contributed by atoms with Crippen LogP contribution in [0.1, 0.15) is 43.5 Å². The molecule has 2 N–H and O–H groups in total. The molecule has 1 fully saturated rings. The molecule has 2 heterocycles. The van der Waals surface area contributed by atoms with Crippen LogP contribution in [0.3, 0.4) is 0 Å². The number of hydrogen-bond acceptors (Lipinski definition) is 5. The monoisotopic (exact) mass is 434 g/mol. The van der Waals surface area contributed by atoms with Crippen LogP contribution in [0.5, 0.6) is 0 Å². The van der Waals surface area contributed by atoms with Crippen LogP contribution >= 0.6 is 0 Å². The number of H-pyrrole nitrogens is 1. The smallest absolute Gasteiger partial charge is 0.256 e. The van der Waals surface area contributed by atoms with Crippen molar-refractivity contribution in [3.8, 4) is 0 Å². The zero-order valence-corrected chi connectivity index (χ0v) is 18.4. The third-order valence-corrected chi connectivity index (χ3v) is 7.62. The van der Waals surface area contributed by atoms with Crippen molar-refractivity contribution in [2.45, 2.75) is 38.0 Å². The fourth-order valence-corrected chi connectivity index (χ4v) is 5.33. The maximum absolute atomic E-state index is 12.9. The minimum atomic E-state index is -3.69. The lowest BCUT2D eigenvalue weighted by atomic mass is 10.1. The summed E-state index contributed by atoms with van der Waals surface area (Å²) in [6, 6.07) is 4.39. The lowest BCUT2D eigenvalue weighted by Crippen LogP contribution is -2.32. The van der Waals surface area contributed by atoms with Crippen LogP contribution in [0.4, 0.5) is 0 Å². The molecule has 0 atom stereocenters. The molecule has 0 aliphatic carbocycles. The summed E-state index contributed by atoms with van der Waals surface area (Å²) in [5.74, 6) is -0.448. The lowest BCUT2D eigenvalue weighted by Gasteiger charge is -2.18. The van der Waals surface area contributed by atoms with Crippen molar-refractivity contribution in [2.24, 2.45) is 0 Å². The van der Waals surface area contributed by atoms with Gasteiger partial charge >= 0.3 is 0 Å². The van der Waals surface area contributed by atoms with Crippen LogP contribution in [-0.4, -0.2) is 67.8 Å². The van der Waals surface area contributed by atoms with Gasteiger partial charge in [0.25, 0.3) is 5.91 Å². The molecule has 1 amide bonds. The number of nitrogens with zero attached hydrogens (tertiary/aromatic N) is 2. The predicted molar refractivity (Wildman–Crippen MR) is 117 cm³/mol. The first-order valence-electron chi connectivity index (χ1n) is 10.5. The molecule has 0 saturated carbocycles. The van der Waals surface area contributed by atoms with E-state index in [0.29, 0.717) is 25.2 Å². The molecular formula is C21H30N4O4S. The highest BCUT2D eigenvalue weighted by atomic mass is 32.2. The molecule has 0 radical (unpaired) electrons. The lowest BCUT2D eigenvalue weighted by molar-refractivity contribution is 0.0951. The quantitative estimate of drug-likeness (QED) is 0.586. The van der Waals surface area contributed by atoms with E-state index in [-0.39, 0.29) is 15.8 Å². The Balaban J connectivity index is 1.78. The third-order valence-electron chi connectivity index (χ3n) is 5.58. The molecular weight excluding hydrogens is 404 g/mol. The zero-order chi connectivity index (χ0) is 21.7. The van der Waals surface area contributed by atoms with Crippen molar-refractivity contribution < 1.29 is 13.2 Å². The van der Waals surface area contributed by atoms with Crippen molar-refractivity contribution in [1.82, 2.24) is 19.5 Å². The van der Waals surface area contributed by atoms with Crippen LogP contribution in [0, 0.1) is 0 Å². The van der Waals surface area contributed by atoms with Gasteiger partial charge in [0.15, 0.2) is 0 Å². The number of carbonyl (C=O) groups is 1. The number of amides is 1. The zero-order valence-electron chi connectivity index (χ0n) is 17.6. The molecule has 9 heteroatoms. The van der Waals surface area contributed by atoms with E-state index in [1.165, 1.54) is 35.5 Å². The van der Waals surface area contributed by atoms with Crippen LogP contribution in [0.2, 0.25) is 0 Å². The number of likely N-dealkylation sites (tertiary alicyclic amines) is 1. The van der Waals surface area contributed by atoms with Crippen molar-refractivity contribution in [3.63, 3.8) is 0 Å². The van der Waals surface area contributed by atoms with Crippen LogP contribution in [0.15, 0.2) is 34.1 Å². The van der Waals surface area contributed by atoms with Crippen molar-refractivity contribution in [1.29, 1.82) is 0 Å². The number of benzene rings is 1. The molecule has 30 heavy (non-hydrogen) atoms. The van der Waals surface area contributed by atoms with Gasteiger partial charge in [-0.2, -0.15) is 4.31 Å². The molecule has 1 aliphatic rings. The molecule has 1 aromatic heterocycles. The van der Waals surface area contributed by atoms with E-state index in [4.69, 9.17) is 0 Å². The van der Waals surface area contributed by atoms with Gasteiger partial charge in [-0.1, -0.05) is 13.8 Å². The Bertz CT molecular complexity index is 1050. The summed E-state index contributed by atoms with van der Waals surface area (Å²) >= 11 is 0. The minimum Gasteiger partial charge on any atom is -0.360 e. The maximum atomic E-state index is 12.9. The van der Waals surface area contributed by atoms with Gasteiger partial charge in [0.1, 0.15) is 5.56 Å². The summed E-state index contributed by atoms with van der Waals surface area (Å²) < 4.78 is 26.9. The minimum absolute atomic E-state index is 0.0129. The molecule has 1 aromatic carbocycles. The van der Waals surface area contributed by atoms with E-state index in [1.54, 1.807) is 19.9 Å². The van der Waals surface area contributed by atoms with Gasteiger partial charge in [-0.25, -0.2) is 8.42 Å². The number of fused-ring (bicyclic) bond motifs is 1. The van der Waals surface area contributed by atoms with Gasteiger partial charge < -0.3 is 15.2 Å². The average Bonchev–Trinajstić information content (AvgIpc) is 3.25. The van der Waals surface area contributed by atoms with Gasteiger partial charge in [0.2, 0.25) is 15.5 Å². The molecule has 8 nitrogen and oxygen atoms in total. The molecule has 1 aliphatic heterocycles. The van der Waals surface area contributed by atoms with Gasteiger partial charge in [-0.05, 0) is 57.1 Å².